The number of nitrogens with two attached hydrogens (primary N) is 1. The molecule has 0 atom stereocenters. The molecule has 23 heavy (non-hydrogen) atoms. The first kappa shape index (κ1) is 18.7. The molecule has 0 saturated heterocycles. The van der Waals surface area contributed by atoms with Gasteiger partial charge in [0, 0.05) is 12.0 Å². The van der Waals surface area contributed by atoms with Gasteiger partial charge in [0.05, 0.1) is 13.0 Å². The number of carbonyl (C=O) groups excluding carboxylic acids is 3. The molecule has 1 rings (SSSR count). The van der Waals surface area contributed by atoms with Gasteiger partial charge in [-0.3, -0.25) is 14.4 Å². The van der Waals surface area contributed by atoms with Crippen molar-refractivity contribution in [1.82, 2.24) is 0 Å². The molecule has 1 aromatic rings. The maximum Gasteiger partial charge on any atom is 0.306 e. The molecule has 1 aromatic carbocycles. The Morgan fingerprint density at radius 2 is 1.74 bits per heavy atom. The number of ketones is 1. The molecule has 6 heteroatoms. The zero-order valence-electron chi connectivity index (χ0n) is 13.4. The van der Waals surface area contributed by atoms with Crippen LogP contribution in [0.2, 0.25) is 0 Å². The summed E-state index contributed by atoms with van der Waals surface area (Å²) in [5, 5.41) is 0. The predicted octanol–water partition coefficient (Wildman–Crippen LogP) is 2.25. The second-order valence-corrected chi connectivity index (χ2v) is 5.13. The summed E-state index contributed by atoms with van der Waals surface area (Å²) in [6.07, 6.45) is 3.21. The highest BCUT2D eigenvalue weighted by Crippen LogP contribution is 2.15. The van der Waals surface area contributed by atoms with E-state index in [1.165, 1.54) is 0 Å². The Kier molecular flexibility index (Phi) is 8.42. The normalized spacial score (nSPS) is 10.1. The highest BCUT2D eigenvalue weighted by atomic mass is 16.5. The molecule has 1 amide bonds. The van der Waals surface area contributed by atoms with Gasteiger partial charge in [-0.2, -0.15) is 0 Å². The maximum absolute atomic E-state index is 12.0. The lowest BCUT2D eigenvalue weighted by Crippen LogP contribution is -2.21. The smallest absolute Gasteiger partial charge is 0.306 e. The molecule has 0 spiro atoms. The Balaban J connectivity index is 2.36. The van der Waals surface area contributed by atoms with Crippen LogP contribution in [-0.2, 0) is 14.3 Å². The van der Waals surface area contributed by atoms with Crippen LogP contribution in [0.4, 0.5) is 0 Å². The largest absolute Gasteiger partial charge is 0.494 e. The number of benzene rings is 1. The molecule has 0 heterocycles. The van der Waals surface area contributed by atoms with Crippen LogP contribution in [0.1, 0.15) is 49.4 Å². The Morgan fingerprint density at radius 3 is 2.35 bits per heavy atom. The summed E-state index contributed by atoms with van der Waals surface area (Å²) in [4.78, 5) is 33.7. The van der Waals surface area contributed by atoms with E-state index >= 15 is 0 Å². The fourth-order valence-corrected chi connectivity index (χ4v) is 1.86. The molecule has 0 aliphatic carbocycles. The van der Waals surface area contributed by atoms with Crippen molar-refractivity contribution >= 4 is 17.7 Å². The van der Waals surface area contributed by atoms with Crippen LogP contribution in [0, 0.1) is 0 Å². The van der Waals surface area contributed by atoms with Crippen molar-refractivity contribution in [3.05, 3.63) is 29.8 Å². The number of carbonyl (C=O) groups is 3. The highest BCUT2D eigenvalue weighted by molar-refractivity contribution is 5.97. The van der Waals surface area contributed by atoms with Gasteiger partial charge in [-0.15, -0.1) is 0 Å². The molecule has 0 bridgehead atoms. The first-order valence-electron chi connectivity index (χ1n) is 7.73. The summed E-state index contributed by atoms with van der Waals surface area (Å²) < 4.78 is 10.2. The number of Topliss-reactive ketones (excluding diaryl/α,β-unsaturated/α-hetero) is 1. The van der Waals surface area contributed by atoms with E-state index in [4.69, 9.17) is 10.5 Å². The van der Waals surface area contributed by atoms with Crippen molar-refractivity contribution in [1.29, 1.82) is 0 Å². The first-order chi connectivity index (χ1) is 11.0. The van der Waals surface area contributed by atoms with Gasteiger partial charge < -0.3 is 15.2 Å². The van der Waals surface area contributed by atoms with E-state index in [2.05, 4.69) is 11.7 Å². The molecule has 0 fully saturated rings. The number of ether oxygens (including phenoxy) is 2. The molecule has 0 saturated carbocycles. The topological polar surface area (TPSA) is 95.7 Å². The van der Waals surface area contributed by atoms with E-state index in [1.807, 2.05) is 0 Å². The van der Waals surface area contributed by atoms with Gasteiger partial charge in [0.2, 0.25) is 0 Å². The van der Waals surface area contributed by atoms with Crippen molar-refractivity contribution < 1.29 is 23.9 Å². The van der Waals surface area contributed by atoms with E-state index in [0.717, 1.165) is 25.0 Å². The van der Waals surface area contributed by atoms with E-state index in [1.54, 1.807) is 24.3 Å². The van der Waals surface area contributed by atoms with E-state index in [9.17, 15) is 14.4 Å². The minimum absolute atomic E-state index is 0.0221. The quantitative estimate of drug-likeness (QED) is 0.383. The lowest BCUT2D eigenvalue weighted by molar-refractivity contribution is -0.147. The van der Waals surface area contributed by atoms with Gasteiger partial charge >= 0.3 is 5.97 Å². The molecule has 0 unspecified atom stereocenters. The highest BCUT2D eigenvalue weighted by Gasteiger charge is 2.11. The summed E-state index contributed by atoms with van der Waals surface area (Å²) in [5.41, 5.74) is 5.37. The molecular formula is C17H23NO5. The monoisotopic (exact) mass is 321 g/mol. The lowest BCUT2D eigenvalue weighted by atomic mass is 10.1. The molecule has 2 N–H and O–H groups in total. The first-order valence-corrected chi connectivity index (χ1v) is 7.73. The number of hydrogen-bond acceptors (Lipinski definition) is 5. The van der Waals surface area contributed by atoms with E-state index in [-0.39, 0.29) is 18.6 Å². The van der Waals surface area contributed by atoms with Crippen LogP contribution in [0.3, 0.4) is 0 Å². The summed E-state index contributed by atoms with van der Waals surface area (Å²) in [5.74, 6) is -0.788. The van der Waals surface area contributed by atoms with Crippen molar-refractivity contribution in [3.63, 3.8) is 0 Å². The van der Waals surface area contributed by atoms with Gasteiger partial charge in [-0.05, 0) is 30.7 Å². The van der Waals surface area contributed by atoms with Crippen LogP contribution >= 0.6 is 0 Å². The van der Waals surface area contributed by atoms with Crippen LogP contribution < -0.4 is 10.5 Å². The van der Waals surface area contributed by atoms with Crippen molar-refractivity contribution in [3.8, 4) is 5.75 Å². The zero-order chi connectivity index (χ0) is 17.1. The summed E-state index contributed by atoms with van der Waals surface area (Å²) in [6, 6.07) is 6.83. The average molecular weight is 321 g/mol. The second-order valence-electron chi connectivity index (χ2n) is 5.13. The summed E-state index contributed by atoms with van der Waals surface area (Å²) >= 11 is 0. The molecular weight excluding hydrogens is 298 g/mol. The number of esters is 1. The van der Waals surface area contributed by atoms with Gasteiger partial charge in [-0.25, -0.2) is 0 Å². The van der Waals surface area contributed by atoms with Gasteiger partial charge in [-0.1, -0.05) is 19.8 Å². The predicted molar refractivity (Wildman–Crippen MR) is 85.2 cm³/mol. The SMILES string of the molecule is CCCCCOc1ccc(C(=O)CCC(=O)OCC(N)=O)cc1. The van der Waals surface area contributed by atoms with Crippen molar-refractivity contribution in [2.75, 3.05) is 13.2 Å². The fourth-order valence-electron chi connectivity index (χ4n) is 1.86. The fraction of sp³-hybridized carbons (Fsp3) is 0.471. The molecule has 0 radical (unpaired) electrons. The van der Waals surface area contributed by atoms with Crippen LogP contribution in [0.25, 0.3) is 0 Å². The number of unbranched alkanes of at least 4 members (excludes halogenated alkanes) is 2. The molecule has 0 aromatic heterocycles. The zero-order valence-corrected chi connectivity index (χ0v) is 13.4. The number of amides is 1. The van der Waals surface area contributed by atoms with E-state index < -0.39 is 18.5 Å². The summed E-state index contributed by atoms with van der Waals surface area (Å²) in [7, 11) is 0. The number of primary amides is 1. The molecule has 126 valence electrons. The van der Waals surface area contributed by atoms with Gasteiger partial charge in [0.25, 0.3) is 5.91 Å². The van der Waals surface area contributed by atoms with Crippen LogP contribution in [-0.4, -0.2) is 30.9 Å². The van der Waals surface area contributed by atoms with Crippen LogP contribution in [0.15, 0.2) is 24.3 Å². The van der Waals surface area contributed by atoms with Crippen LogP contribution in [0.5, 0.6) is 5.75 Å². The number of hydrogen-bond donors (Lipinski definition) is 1. The third-order valence-corrected chi connectivity index (χ3v) is 3.12. The van der Waals surface area contributed by atoms with Gasteiger partial charge in [0.1, 0.15) is 5.75 Å². The molecule has 6 nitrogen and oxygen atoms in total. The molecule has 0 aliphatic rings. The minimum atomic E-state index is -0.723. The van der Waals surface area contributed by atoms with Crippen molar-refractivity contribution in [2.24, 2.45) is 5.73 Å². The standard InChI is InChI=1S/C17H23NO5/c1-2-3-4-11-22-14-7-5-13(6-8-14)15(19)9-10-17(21)23-12-16(18)20/h5-8H,2-4,9-12H2,1H3,(H2,18,20). The maximum atomic E-state index is 12.0. The van der Waals surface area contributed by atoms with Crippen molar-refractivity contribution in [2.45, 2.75) is 39.0 Å². The third-order valence-electron chi connectivity index (χ3n) is 3.12. The minimum Gasteiger partial charge on any atom is -0.494 e. The Bertz CT molecular complexity index is 524. The summed E-state index contributed by atoms with van der Waals surface area (Å²) in [6.45, 7) is 2.33. The molecule has 0 aliphatic heterocycles. The Morgan fingerprint density at radius 1 is 1.04 bits per heavy atom. The third kappa shape index (κ3) is 7.99. The Hall–Kier alpha value is -2.37. The average Bonchev–Trinajstić information content (AvgIpc) is 2.55. The lowest BCUT2D eigenvalue weighted by Gasteiger charge is -2.06. The Labute approximate surface area is 135 Å². The second kappa shape index (κ2) is 10.4. The van der Waals surface area contributed by atoms with E-state index in [0.29, 0.717) is 12.2 Å². The van der Waals surface area contributed by atoms with Gasteiger partial charge in [0.15, 0.2) is 12.4 Å². The number of rotatable bonds is 11.